The second kappa shape index (κ2) is 5.93. The smallest absolute Gasteiger partial charge is 0.200 e. The summed E-state index contributed by atoms with van der Waals surface area (Å²) in [6, 6.07) is 2.89. The van der Waals surface area contributed by atoms with Gasteiger partial charge in [0.05, 0.1) is 0 Å². The molecule has 1 rings (SSSR count). The summed E-state index contributed by atoms with van der Waals surface area (Å²) in [5.41, 5.74) is 0.480. The molecule has 0 aliphatic heterocycles. The van der Waals surface area contributed by atoms with Gasteiger partial charge in [-0.3, -0.25) is 0 Å². The van der Waals surface area contributed by atoms with Crippen LogP contribution in [0.15, 0.2) is 12.1 Å². The number of nitrogens with one attached hydrogen (secondary N) is 1. The van der Waals surface area contributed by atoms with Crippen molar-refractivity contribution in [3.8, 4) is 17.2 Å². The summed E-state index contributed by atoms with van der Waals surface area (Å²) in [5.74, 6) is -1.14. The molecule has 0 aliphatic carbocycles. The van der Waals surface area contributed by atoms with Crippen LogP contribution in [0.25, 0.3) is 0 Å². The average Bonchev–Trinajstić information content (AvgIpc) is 2.29. The van der Waals surface area contributed by atoms with E-state index < -0.39 is 5.75 Å². The Balaban J connectivity index is 2.57. The summed E-state index contributed by atoms with van der Waals surface area (Å²) in [4.78, 5) is 0. The van der Waals surface area contributed by atoms with Crippen LogP contribution in [0, 0.1) is 5.41 Å². The standard InChI is InChI=1S/C13H21NO4/c1-13(2,5-6-15)8-14-7-9-3-4-10(16)12(18)11(9)17/h3-4,14-18H,5-8H2,1-2H3. The van der Waals surface area contributed by atoms with Gasteiger partial charge in [-0.2, -0.15) is 0 Å². The molecule has 0 fully saturated rings. The summed E-state index contributed by atoms with van der Waals surface area (Å²) in [6.07, 6.45) is 0.687. The molecule has 1 aromatic carbocycles. The van der Waals surface area contributed by atoms with Gasteiger partial charge in [-0.15, -0.1) is 0 Å². The lowest BCUT2D eigenvalue weighted by molar-refractivity contribution is 0.207. The van der Waals surface area contributed by atoms with Crippen molar-refractivity contribution in [1.29, 1.82) is 0 Å². The molecule has 0 aliphatic rings. The summed E-state index contributed by atoms with van der Waals surface area (Å²) >= 11 is 0. The van der Waals surface area contributed by atoms with Crippen molar-refractivity contribution in [2.75, 3.05) is 13.2 Å². The fourth-order valence-electron chi connectivity index (χ4n) is 1.68. The average molecular weight is 255 g/mol. The van der Waals surface area contributed by atoms with Gasteiger partial charge < -0.3 is 25.7 Å². The Hall–Kier alpha value is -1.46. The predicted octanol–water partition coefficient (Wildman–Crippen LogP) is 1.30. The van der Waals surface area contributed by atoms with E-state index in [4.69, 9.17) is 5.11 Å². The van der Waals surface area contributed by atoms with E-state index in [-0.39, 0.29) is 23.5 Å². The summed E-state index contributed by atoms with van der Waals surface area (Å²) < 4.78 is 0. The monoisotopic (exact) mass is 255 g/mol. The van der Waals surface area contributed by atoms with Crippen LogP contribution in [0.3, 0.4) is 0 Å². The largest absolute Gasteiger partial charge is 0.504 e. The predicted molar refractivity (Wildman–Crippen MR) is 68.6 cm³/mol. The minimum Gasteiger partial charge on any atom is -0.504 e. The lowest BCUT2D eigenvalue weighted by Gasteiger charge is -2.24. The molecule has 0 aromatic heterocycles. The van der Waals surface area contributed by atoms with Crippen LogP contribution >= 0.6 is 0 Å². The maximum Gasteiger partial charge on any atom is 0.200 e. The van der Waals surface area contributed by atoms with Crippen molar-refractivity contribution >= 4 is 0 Å². The van der Waals surface area contributed by atoms with Gasteiger partial charge in [0.15, 0.2) is 11.5 Å². The highest BCUT2D eigenvalue weighted by Crippen LogP contribution is 2.36. The Kier molecular flexibility index (Phi) is 4.81. The zero-order valence-corrected chi connectivity index (χ0v) is 10.8. The highest BCUT2D eigenvalue weighted by atomic mass is 16.3. The number of aromatic hydroxyl groups is 3. The number of hydrogen-bond donors (Lipinski definition) is 5. The fraction of sp³-hybridized carbons (Fsp3) is 0.538. The number of phenolic OH excluding ortho intramolecular Hbond substituents is 3. The molecule has 18 heavy (non-hydrogen) atoms. The first-order valence-electron chi connectivity index (χ1n) is 5.92. The summed E-state index contributed by atoms with van der Waals surface area (Å²) in [6.45, 7) is 5.26. The minimum atomic E-state index is -0.496. The van der Waals surface area contributed by atoms with Crippen LogP contribution in [0.1, 0.15) is 25.8 Å². The van der Waals surface area contributed by atoms with E-state index in [0.29, 0.717) is 25.1 Å². The first-order valence-corrected chi connectivity index (χ1v) is 5.92. The topological polar surface area (TPSA) is 93.0 Å². The molecule has 0 heterocycles. The first kappa shape index (κ1) is 14.6. The van der Waals surface area contributed by atoms with E-state index in [0.717, 1.165) is 0 Å². The Bertz CT molecular complexity index is 404. The number of aliphatic hydroxyl groups is 1. The van der Waals surface area contributed by atoms with Gasteiger partial charge in [0.1, 0.15) is 0 Å². The van der Waals surface area contributed by atoms with Crippen molar-refractivity contribution in [3.63, 3.8) is 0 Å². The maximum absolute atomic E-state index is 9.62. The van der Waals surface area contributed by atoms with Crippen LogP contribution in [0.5, 0.6) is 17.2 Å². The third-order valence-corrected chi connectivity index (χ3v) is 2.92. The van der Waals surface area contributed by atoms with Crippen molar-refractivity contribution in [2.45, 2.75) is 26.8 Å². The van der Waals surface area contributed by atoms with E-state index >= 15 is 0 Å². The zero-order valence-electron chi connectivity index (χ0n) is 10.8. The molecular formula is C13H21NO4. The third-order valence-electron chi connectivity index (χ3n) is 2.92. The number of benzene rings is 1. The zero-order chi connectivity index (χ0) is 13.8. The van der Waals surface area contributed by atoms with Gasteiger partial charge in [0, 0.05) is 25.3 Å². The summed E-state index contributed by atoms with van der Waals surface area (Å²) in [7, 11) is 0. The van der Waals surface area contributed by atoms with Crippen LogP contribution in [0.2, 0.25) is 0 Å². The van der Waals surface area contributed by atoms with E-state index in [1.807, 2.05) is 13.8 Å². The van der Waals surface area contributed by atoms with E-state index in [1.54, 1.807) is 6.07 Å². The molecular weight excluding hydrogens is 234 g/mol. The Labute approximate surface area is 107 Å². The second-order valence-corrected chi connectivity index (χ2v) is 5.18. The van der Waals surface area contributed by atoms with Crippen LogP contribution in [-0.2, 0) is 6.54 Å². The molecule has 5 N–H and O–H groups in total. The van der Waals surface area contributed by atoms with Gasteiger partial charge in [0.25, 0.3) is 0 Å². The van der Waals surface area contributed by atoms with Crippen molar-refractivity contribution in [2.24, 2.45) is 5.41 Å². The molecule has 5 nitrogen and oxygen atoms in total. The quantitative estimate of drug-likeness (QED) is 0.494. The number of rotatable bonds is 6. The van der Waals surface area contributed by atoms with Gasteiger partial charge in [-0.05, 0) is 17.9 Å². The molecule has 0 saturated carbocycles. The van der Waals surface area contributed by atoms with Crippen molar-refractivity contribution < 1.29 is 20.4 Å². The molecule has 0 saturated heterocycles. The van der Waals surface area contributed by atoms with Crippen LogP contribution in [0.4, 0.5) is 0 Å². The fourth-order valence-corrected chi connectivity index (χ4v) is 1.68. The molecule has 0 atom stereocenters. The highest BCUT2D eigenvalue weighted by molar-refractivity contribution is 5.52. The van der Waals surface area contributed by atoms with Gasteiger partial charge >= 0.3 is 0 Å². The van der Waals surface area contributed by atoms with Crippen LogP contribution in [-0.4, -0.2) is 33.6 Å². The van der Waals surface area contributed by atoms with Gasteiger partial charge in [-0.25, -0.2) is 0 Å². The Morgan fingerprint density at radius 1 is 1.11 bits per heavy atom. The van der Waals surface area contributed by atoms with Gasteiger partial charge in [0.2, 0.25) is 5.75 Å². The second-order valence-electron chi connectivity index (χ2n) is 5.18. The Morgan fingerprint density at radius 2 is 1.78 bits per heavy atom. The summed E-state index contributed by atoms with van der Waals surface area (Å²) in [5, 5.41) is 40.2. The van der Waals surface area contributed by atoms with Crippen LogP contribution < -0.4 is 5.32 Å². The molecule has 0 bridgehead atoms. The van der Waals surface area contributed by atoms with E-state index in [9.17, 15) is 15.3 Å². The number of aliphatic hydroxyl groups excluding tert-OH is 1. The van der Waals surface area contributed by atoms with Crippen molar-refractivity contribution in [1.82, 2.24) is 5.32 Å². The third kappa shape index (κ3) is 3.78. The lowest BCUT2D eigenvalue weighted by atomic mass is 9.90. The molecule has 5 heteroatoms. The van der Waals surface area contributed by atoms with Gasteiger partial charge in [-0.1, -0.05) is 19.9 Å². The SMILES string of the molecule is CC(C)(CCO)CNCc1ccc(O)c(O)c1O. The molecule has 1 aromatic rings. The molecule has 0 amide bonds. The van der Waals surface area contributed by atoms with E-state index in [2.05, 4.69) is 5.32 Å². The molecule has 0 spiro atoms. The first-order chi connectivity index (χ1) is 8.37. The maximum atomic E-state index is 9.62. The molecule has 0 unspecified atom stereocenters. The normalized spacial score (nSPS) is 11.7. The lowest BCUT2D eigenvalue weighted by Crippen LogP contribution is -2.29. The molecule has 102 valence electrons. The minimum absolute atomic E-state index is 0.0384. The van der Waals surface area contributed by atoms with E-state index in [1.165, 1.54) is 6.07 Å². The highest BCUT2D eigenvalue weighted by Gasteiger charge is 2.17. The molecule has 0 radical (unpaired) electrons. The Morgan fingerprint density at radius 3 is 2.39 bits per heavy atom. The number of phenols is 3. The van der Waals surface area contributed by atoms with Crippen molar-refractivity contribution in [3.05, 3.63) is 17.7 Å². The number of hydrogen-bond acceptors (Lipinski definition) is 5.